The van der Waals surface area contributed by atoms with Crippen LogP contribution in [0, 0.1) is 11.7 Å². The number of hydrogen-bond acceptors (Lipinski definition) is 7. The number of fused-ring (bicyclic) bond motifs is 1. The Morgan fingerprint density at radius 1 is 1.15 bits per heavy atom. The predicted octanol–water partition coefficient (Wildman–Crippen LogP) is 2.62. The van der Waals surface area contributed by atoms with Crippen LogP contribution in [0.25, 0.3) is 0 Å². The Hall–Kier alpha value is -2.73. The van der Waals surface area contributed by atoms with Crippen molar-refractivity contribution in [2.24, 2.45) is 5.92 Å². The van der Waals surface area contributed by atoms with Crippen LogP contribution in [-0.4, -0.2) is 82.0 Å². The number of ether oxygens (including phenoxy) is 1. The van der Waals surface area contributed by atoms with Crippen molar-refractivity contribution in [2.45, 2.75) is 74.3 Å². The number of phenols is 1. The van der Waals surface area contributed by atoms with Crippen molar-refractivity contribution >= 4 is 16.0 Å². The van der Waals surface area contributed by atoms with Crippen molar-refractivity contribution in [3.63, 3.8) is 0 Å². The molecule has 0 radical (unpaired) electrons. The van der Waals surface area contributed by atoms with E-state index >= 15 is 0 Å². The van der Waals surface area contributed by atoms with Crippen LogP contribution in [-0.2, 0) is 28.5 Å². The molecule has 3 aliphatic carbocycles. The minimum absolute atomic E-state index is 0.00388. The predicted molar refractivity (Wildman–Crippen MR) is 142 cm³/mol. The van der Waals surface area contributed by atoms with Crippen LogP contribution in [0.3, 0.4) is 0 Å². The summed E-state index contributed by atoms with van der Waals surface area (Å²) in [5.74, 6) is 0.767. The van der Waals surface area contributed by atoms with Crippen molar-refractivity contribution in [3.8, 4) is 11.5 Å². The van der Waals surface area contributed by atoms with Gasteiger partial charge in [-0.05, 0) is 74.8 Å². The smallest absolute Gasteiger partial charge is 0.261 e. The van der Waals surface area contributed by atoms with Gasteiger partial charge in [0.05, 0.1) is 29.9 Å². The monoisotopic (exact) mass is 572 g/mol. The molecule has 8 rings (SSSR count). The first-order valence-electron chi connectivity index (χ1n) is 13.9. The lowest BCUT2D eigenvalue weighted by Crippen LogP contribution is -2.78. The van der Waals surface area contributed by atoms with Gasteiger partial charge in [-0.25, -0.2) is 4.39 Å². The minimum atomic E-state index is -3.67. The topological polar surface area (TPSA) is 128 Å². The molecule has 1 spiro atoms. The van der Waals surface area contributed by atoms with Gasteiger partial charge in [-0.2, -0.15) is 8.42 Å². The fourth-order valence-electron chi connectivity index (χ4n) is 8.36. The number of carbonyl (C=O) groups excluding carboxylic acids is 1. The van der Waals surface area contributed by atoms with Gasteiger partial charge in [-0.15, -0.1) is 0 Å². The molecule has 2 aromatic carbocycles. The zero-order valence-electron chi connectivity index (χ0n) is 22.2. The molecule has 3 heterocycles. The summed E-state index contributed by atoms with van der Waals surface area (Å²) < 4.78 is 47.0. The fourth-order valence-corrected chi connectivity index (χ4v) is 8.36. The lowest BCUT2D eigenvalue weighted by Gasteiger charge is -2.64. The van der Waals surface area contributed by atoms with E-state index in [4.69, 9.17) is 9.29 Å². The molecule has 11 heteroatoms. The van der Waals surface area contributed by atoms with Gasteiger partial charge in [0.25, 0.3) is 16.0 Å². The Kier molecular flexibility index (Phi) is 5.66. The standard InChI is InChI=1S/C28H29FN2O4.CH4O3S/c29-19-3-1-2-17-18(19)14-31(26(17)33)20-8-9-28(34)22-12-16-6-7-21(32)24-23(16)27(28,25(20)35-24)10-11-30(22)13-15-4-5-15;1-5(2,3)4/h1-3,6-7,15,20,22,25,32,34H,4-5,8-14H2;1H3,(H,2,3,4)/t20-,22-,25+,27+,28-;/m1./s1. The van der Waals surface area contributed by atoms with Crippen LogP contribution in [0.5, 0.6) is 11.5 Å². The number of halogens is 1. The van der Waals surface area contributed by atoms with Crippen molar-refractivity contribution in [2.75, 3.05) is 19.3 Å². The summed E-state index contributed by atoms with van der Waals surface area (Å²) in [5.41, 5.74) is 1.27. The van der Waals surface area contributed by atoms with Gasteiger partial charge in [0.1, 0.15) is 11.9 Å². The van der Waals surface area contributed by atoms with Crippen LogP contribution in [0.2, 0.25) is 0 Å². The number of amides is 1. The molecule has 0 unspecified atom stereocenters. The molecular formula is C29H33FN2O7S. The van der Waals surface area contributed by atoms with Crippen molar-refractivity contribution in [3.05, 3.63) is 58.4 Å². The largest absolute Gasteiger partial charge is 0.504 e. The molecule has 3 N–H and O–H groups in total. The molecule has 5 atom stereocenters. The average Bonchev–Trinajstić information content (AvgIpc) is 3.53. The molecule has 2 bridgehead atoms. The van der Waals surface area contributed by atoms with E-state index in [0.717, 1.165) is 43.0 Å². The maximum absolute atomic E-state index is 14.6. The molecule has 2 saturated carbocycles. The number of hydrogen-bond donors (Lipinski definition) is 3. The summed E-state index contributed by atoms with van der Waals surface area (Å²) in [6, 6.07) is 8.07. The number of aliphatic hydroxyl groups is 1. The highest BCUT2D eigenvalue weighted by atomic mass is 32.2. The van der Waals surface area contributed by atoms with Gasteiger partial charge < -0.3 is 19.8 Å². The minimum Gasteiger partial charge on any atom is -0.504 e. The zero-order chi connectivity index (χ0) is 28.2. The van der Waals surface area contributed by atoms with Crippen LogP contribution < -0.4 is 4.74 Å². The number of piperidine rings is 1. The number of phenolic OH excluding ortho intramolecular Hbond substituents is 1. The van der Waals surface area contributed by atoms with Crippen molar-refractivity contribution < 1.29 is 37.1 Å². The Labute approximate surface area is 232 Å². The van der Waals surface area contributed by atoms with Gasteiger partial charge >= 0.3 is 0 Å². The third-order valence-electron chi connectivity index (χ3n) is 10.1. The molecule has 40 heavy (non-hydrogen) atoms. The van der Waals surface area contributed by atoms with Gasteiger partial charge in [0.15, 0.2) is 11.5 Å². The molecule has 1 saturated heterocycles. The summed E-state index contributed by atoms with van der Waals surface area (Å²) >= 11 is 0. The third kappa shape index (κ3) is 3.67. The number of nitrogens with zero attached hydrogens (tertiary/aromatic N) is 2. The number of aromatic hydroxyl groups is 1. The first kappa shape index (κ1) is 26.2. The Morgan fingerprint density at radius 2 is 1.90 bits per heavy atom. The van der Waals surface area contributed by atoms with Crippen LogP contribution >= 0.6 is 0 Å². The number of rotatable bonds is 3. The normalized spacial score (nSPS) is 33.5. The van der Waals surface area contributed by atoms with E-state index in [2.05, 4.69) is 4.90 Å². The molecular weight excluding hydrogens is 539 g/mol. The molecule has 9 nitrogen and oxygen atoms in total. The summed E-state index contributed by atoms with van der Waals surface area (Å²) in [5, 5.41) is 23.4. The van der Waals surface area contributed by atoms with E-state index in [9.17, 15) is 27.8 Å². The molecule has 3 aliphatic heterocycles. The van der Waals surface area contributed by atoms with Gasteiger partial charge in [-0.3, -0.25) is 14.2 Å². The van der Waals surface area contributed by atoms with Gasteiger partial charge in [0, 0.05) is 29.3 Å². The van der Waals surface area contributed by atoms with E-state index in [0.29, 0.717) is 36.0 Å². The Bertz CT molecular complexity index is 1520. The van der Waals surface area contributed by atoms with Gasteiger partial charge in [-0.1, -0.05) is 12.1 Å². The summed E-state index contributed by atoms with van der Waals surface area (Å²) in [7, 11) is -3.67. The second-order valence-electron chi connectivity index (χ2n) is 12.3. The summed E-state index contributed by atoms with van der Waals surface area (Å²) in [6.45, 7) is 2.11. The highest BCUT2D eigenvalue weighted by molar-refractivity contribution is 7.85. The zero-order valence-corrected chi connectivity index (χ0v) is 23.0. The number of benzene rings is 2. The molecule has 214 valence electrons. The fraction of sp³-hybridized carbons (Fsp3) is 0.552. The second kappa shape index (κ2) is 8.64. The summed E-state index contributed by atoms with van der Waals surface area (Å²) in [4.78, 5) is 17.7. The molecule has 0 aromatic heterocycles. The average molecular weight is 573 g/mol. The highest BCUT2D eigenvalue weighted by Gasteiger charge is 2.73. The maximum Gasteiger partial charge on any atom is 0.261 e. The van der Waals surface area contributed by atoms with Gasteiger partial charge in [0.2, 0.25) is 0 Å². The Morgan fingerprint density at radius 3 is 2.60 bits per heavy atom. The molecule has 2 aromatic rings. The number of carbonyl (C=O) groups is 1. The third-order valence-corrected chi connectivity index (χ3v) is 10.1. The van der Waals surface area contributed by atoms with E-state index < -0.39 is 27.2 Å². The first-order chi connectivity index (χ1) is 18.9. The lowest BCUT2D eigenvalue weighted by atomic mass is 9.48. The molecule has 3 fully saturated rings. The van der Waals surface area contributed by atoms with E-state index in [1.54, 1.807) is 23.1 Å². The molecule has 6 aliphatic rings. The van der Waals surface area contributed by atoms with Crippen LogP contribution in [0.4, 0.5) is 4.39 Å². The maximum atomic E-state index is 14.6. The van der Waals surface area contributed by atoms with Crippen LogP contribution in [0.15, 0.2) is 30.3 Å². The first-order valence-corrected chi connectivity index (χ1v) is 15.8. The highest BCUT2D eigenvalue weighted by Crippen LogP contribution is 2.66. The summed E-state index contributed by atoms with van der Waals surface area (Å²) in [6.07, 6.45) is 5.38. The van der Waals surface area contributed by atoms with Crippen LogP contribution in [0.1, 0.15) is 59.2 Å². The Balaban J connectivity index is 0.000000490. The van der Waals surface area contributed by atoms with Crippen molar-refractivity contribution in [1.29, 1.82) is 0 Å². The lowest BCUT2D eigenvalue weighted by molar-refractivity contribution is -0.198. The SMILES string of the molecule is CS(=O)(=O)O.O=C1c2cccc(F)c2CN1[C@@H]1CC[C@@]2(O)[C@H]3Cc4ccc(O)c5c4[C@@]2(CCN3CC2CC2)[C@H]1O5. The van der Waals surface area contributed by atoms with E-state index in [1.165, 1.54) is 18.9 Å². The quantitative estimate of drug-likeness (QED) is 0.479. The van der Waals surface area contributed by atoms with E-state index in [-0.39, 0.29) is 36.1 Å². The van der Waals surface area contributed by atoms with Crippen molar-refractivity contribution in [1.82, 2.24) is 9.80 Å². The second-order valence-corrected chi connectivity index (χ2v) is 13.8. The molecule has 1 amide bonds. The van der Waals surface area contributed by atoms with E-state index in [1.807, 2.05) is 6.07 Å². The number of likely N-dealkylation sites (tertiary alicyclic amines) is 1.